The Labute approximate surface area is 55.8 Å². The van der Waals surface area contributed by atoms with Crippen LogP contribution in [0.15, 0.2) is 28.3 Å². The van der Waals surface area contributed by atoms with Crippen molar-refractivity contribution in [1.82, 2.24) is 0 Å². The van der Waals surface area contributed by atoms with Crippen LogP contribution in [0.3, 0.4) is 0 Å². The molecule has 1 nitrogen and oxygen atoms in total. The van der Waals surface area contributed by atoms with Gasteiger partial charge in [0.2, 0.25) is 0 Å². The van der Waals surface area contributed by atoms with E-state index in [-0.39, 0.29) is 6.04 Å². The van der Waals surface area contributed by atoms with Crippen molar-refractivity contribution in [3.63, 3.8) is 0 Å². The van der Waals surface area contributed by atoms with Crippen LogP contribution >= 0.6 is 0 Å². The van der Waals surface area contributed by atoms with Gasteiger partial charge in [0.1, 0.15) is 0 Å². The predicted octanol–water partition coefficient (Wildman–Crippen LogP) is 1.96. The Morgan fingerprint density at radius 1 is 1.33 bits per heavy atom. The van der Waals surface area contributed by atoms with Crippen LogP contribution < -0.4 is 0 Å². The molecule has 0 aromatic rings. The van der Waals surface area contributed by atoms with Gasteiger partial charge in [-0.25, -0.2) is 0 Å². The maximum atomic E-state index is 3.96. The SMILES string of the molecule is C=NC1C(C)=CC=C1C. The zero-order valence-electron chi connectivity index (χ0n) is 5.89. The Morgan fingerprint density at radius 3 is 2.00 bits per heavy atom. The van der Waals surface area contributed by atoms with E-state index < -0.39 is 0 Å². The highest BCUT2D eigenvalue weighted by molar-refractivity contribution is 5.40. The van der Waals surface area contributed by atoms with Gasteiger partial charge in [-0.05, 0) is 31.7 Å². The Balaban J connectivity index is 2.81. The first kappa shape index (κ1) is 6.27. The molecule has 1 heteroatoms. The summed E-state index contributed by atoms with van der Waals surface area (Å²) in [6.45, 7) is 7.66. The average molecular weight is 121 g/mol. The van der Waals surface area contributed by atoms with Crippen molar-refractivity contribution in [3.05, 3.63) is 23.3 Å². The minimum atomic E-state index is 0.269. The smallest absolute Gasteiger partial charge is 0.0913 e. The van der Waals surface area contributed by atoms with E-state index >= 15 is 0 Å². The van der Waals surface area contributed by atoms with E-state index in [0.29, 0.717) is 0 Å². The molecular formula is C8H11N. The summed E-state index contributed by atoms with van der Waals surface area (Å²) in [6.07, 6.45) is 4.18. The molecule has 0 spiro atoms. The molecule has 0 aromatic carbocycles. The van der Waals surface area contributed by atoms with Gasteiger partial charge in [-0.15, -0.1) is 0 Å². The van der Waals surface area contributed by atoms with Crippen LogP contribution in [0.4, 0.5) is 0 Å². The van der Waals surface area contributed by atoms with E-state index in [1.807, 2.05) is 0 Å². The molecule has 9 heavy (non-hydrogen) atoms. The molecule has 0 saturated heterocycles. The molecule has 0 heterocycles. The zero-order chi connectivity index (χ0) is 6.85. The summed E-state index contributed by atoms with van der Waals surface area (Å²) in [5.41, 5.74) is 2.59. The number of hydrogen-bond donors (Lipinski definition) is 0. The molecule has 1 aliphatic rings. The number of nitrogens with zero attached hydrogens (tertiary/aromatic N) is 1. The molecule has 0 saturated carbocycles. The van der Waals surface area contributed by atoms with E-state index in [9.17, 15) is 0 Å². The van der Waals surface area contributed by atoms with E-state index in [0.717, 1.165) is 0 Å². The van der Waals surface area contributed by atoms with Gasteiger partial charge < -0.3 is 0 Å². The lowest BCUT2D eigenvalue weighted by atomic mass is 10.1. The predicted molar refractivity (Wildman–Crippen MR) is 40.9 cm³/mol. The number of allylic oxidation sites excluding steroid dienone is 2. The van der Waals surface area contributed by atoms with E-state index in [1.165, 1.54) is 11.1 Å². The standard InChI is InChI=1S/C8H11N/c1-6-4-5-7(2)8(6)9-3/h4-5,8H,3H2,1-2H3. The summed E-state index contributed by atoms with van der Waals surface area (Å²) in [6, 6.07) is 0.269. The maximum Gasteiger partial charge on any atom is 0.0913 e. The monoisotopic (exact) mass is 121 g/mol. The molecule has 0 atom stereocenters. The molecule has 1 aliphatic carbocycles. The molecule has 0 radical (unpaired) electrons. The molecule has 0 bridgehead atoms. The third-order valence-corrected chi connectivity index (χ3v) is 1.65. The summed E-state index contributed by atoms with van der Waals surface area (Å²) < 4.78 is 0. The number of aliphatic imine (C=N–C) groups is 1. The minimum Gasteiger partial charge on any atom is -0.289 e. The second kappa shape index (κ2) is 2.18. The largest absolute Gasteiger partial charge is 0.289 e. The van der Waals surface area contributed by atoms with Crippen LogP contribution in [0, 0.1) is 0 Å². The van der Waals surface area contributed by atoms with Gasteiger partial charge in [0.25, 0.3) is 0 Å². The first-order valence-corrected chi connectivity index (χ1v) is 3.06. The van der Waals surface area contributed by atoms with Gasteiger partial charge in [-0.1, -0.05) is 12.2 Å². The topological polar surface area (TPSA) is 12.4 Å². The summed E-state index contributed by atoms with van der Waals surface area (Å²) >= 11 is 0. The molecule has 0 amide bonds. The highest BCUT2D eigenvalue weighted by Gasteiger charge is 2.12. The Bertz CT molecular complexity index is 169. The Morgan fingerprint density at radius 2 is 1.78 bits per heavy atom. The summed E-state index contributed by atoms with van der Waals surface area (Å²) in [5, 5.41) is 0. The first-order chi connectivity index (χ1) is 4.25. The number of rotatable bonds is 1. The fourth-order valence-corrected chi connectivity index (χ4v) is 1.09. The van der Waals surface area contributed by atoms with Crippen LogP contribution in [0.25, 0.3) is 0 Å². The lowest BCUT2D eigenvalue weighted by molar-refractivity contribution is 0.918. The average Bonchev–Trinajstić information content (AvgIpc) is 2.12. The second-order valence-electron chi connectivity index (χ2n) is 2.41. The summed E-state index contributed by atoms with van der Waals surface area (Å²) in [7, 11) is 0. The van der Waals surface area contributed by atoms with Crippen molar-refractivity contribution < 1.29 is 0 Å². The third kappa shape index (κ3) is 0.947. The van der Waals surface area contributed by atoms with Gasteiger partial charge in [0.05, 0.1) is 6.04 Å². The summed E-state index contributed by atoms with van der Waals surface area (Å²) in [4.78, 5) is 3.96. The van der Waals surface area contributed by atoms with Gasteiger partial charge in [-0.2, -0.15) is 0 Å². The normalized spacial score (nSPS) is 19.3. The van der Waals surface area contributed by atoms with Crippen molar-refractivity contribution in [1.29, 1.82) is 0 Å². The second-order valence-corrected chi connectivity index (χ2v) is 2.41. The Kier molecular flexibility index (Phi) is 1.52. The van der Waals surface area contributed by atoms with Crippen LogP contribution in [-0.4, -0.2) is 12.8 Å². The zero-order valence-corrected chi connectivity index (χ0v) is 5.89. The van der Waals surface area contributed by atoms with Gasteiger partial charge in [-0.3, -0.25) is 4.99 Å². The van der Waals surface area contributed by atoms with E-state index in [1.54, 1.807) is 0 Å². The van der Waals surface area contributed by atoms with Crippen LogP contribution in [0.1, 0.15) is 13.8 Å². The van der Waals surface area contributed by atoms with Crippen LogP contribution in [0.5, 0.6) is 0 Å². The molecule has 0 fully saturated rings. The van der Waals surface area contributed by atoms with E-state index in [2.05, 4.69) is 37.7 Å². The highest BCUT2D eigenvalue weighted by atomic mass is 14.8. The fraction of sp³-hybridized carbons (Fsp3) is 0.375. The molecule has 0 unspecified atom stereocenters. The van der Waals surface area contributed by atoms with Crippen molar-refractivity contribution in [2.75, 3.05) is 0 Å². The van der Waals surface area contributed by atoms with Crippen LogP contribution in [0.2, 0.25) is 0 Å². The van der Waals surface area contributed by atoms with Crippen molar-refractivity contribution in [3.8, 4) is 0 Å². The minimum absolute atomic E-state index is 0.269. The van der Waals surface area contributed by atoms with Gasteiger partial charge in [0, 0.05) is 0 Å². The molecule has 1 rings (SSSR count). The molecule has 0 aliphatic heterocycles. The summed E-state index contributed by atoms with van der Waals surface area (Å²) in [5.74, 6) is 0. The van der Waals surface area contributed by atoms with Gasteiger partial charge in [0.15, 0.2) is 0 Å². The van der Waals surface area contributed by atoms with Crippen molar-refractivity contribution in [2.24, 2.45) is 4.99 Å². The van der Waals surface area contributed by atoms with Crippen molar-refractivity contribution in [2.45, 2.75) is 19.9 Å². The Hall–Kier alpha value is -0.850. The number of hydrogen-bond acceptors (Lipinski definition) is 1. The lowest BCUT2D eigenvalue weighted by Crippen LogP contribution is -2.02. The quantitative estimate of drug-likeness (QED) is 0.470. The third-order valence-electron chi connectivity index (χ3n) is 1.65. The lowest BCUT2D eigenvalue weighted by Gasteiger charge is -2.05. The van der Waals surface area contributed by atoms with Gasteiger partial charge >= 0.3 is 0 Å². The fourth-order valence-electron chi connectivity index (χ4n) is 1.09. The molecule has 0 aromatic heterocycles. The van der Waals surface area contributed by atoms with Crippen LogP contribution in [-0.2, 0) is 0 Å². The molecule has 48 valence electrons. The highest BCUT2D eigenvalue weighted by Crippen LogP contribution is 2.20. The first-order valence-electron chi connectivity index (χ1n) is 3.06. The van der Waals surface area contributed by atoms with Crippen molar-refractivity contribution >= 4 is 6.72 Å². The maximum absolute atomic E-state index is 3.96. The molecule has 0 N–H and O–H groups in total. The van der Waals surface area contributed by atoms with E-state index in [4.69, 9.17) is 0 Å². The molecular weight excluding hydrogens is 110 g/mol.